The summed E-state index contributed by atoms with van der Waals surface area (Å²) in [5.41, 5.74) is 2.09. The van der Waals surface area contributed by atoms with E-state index in [2.05, 4.69) is 15.9 Å². The van der Waals surface area contributed by atoms with Crippen molar-refractivity contribution < 1.29 is 9.47 Å². The maximum atomic E-state index is 6.22. The van der Waals surface area contributed by atoms with Crippen LogP contribution < -0.4 is 9.47 Å². The zero-order valence-corrected chi connectivity index (χ0v) is 13.0. The third-order valence-corrected chi connectivity index (χ3v) is 4.24. The van der Waals surface area contributed by atoms with E-state index in [0.717, 1.165) is 16.1 Å². The fraction of sp³-hybridized carbons (Fsp3) is 0.200. The topological polar surface area (TPSA) is 18.5 Å². The standard InChI is InChI=1S/C15H14BrClO2/c1-18-13-8-7-10(9-14(13)19-2)15(16)11-5-3-4-6-12(11)17/h3-9,15H,1-2H3. The van der Waals surface area contributed by atoms with Gasteiger partial charge < -0.3 is 9.47 Å². The average Bonchev–Trinajstić information content (AvgIpc) is 2.46. The van der Waals surface area contributed by atoms with Crippen molar-refractivity contribution in [3.05, 3.63) is 58.6 Å². The molecule has 19 heavy (non-hydrogen) atoms. The van der Waals surface area contributed by atoms with E-state index in [1.54, 1.807) is 14.2 Å². The second kappa shape index (κ2) is 6.31. The molecule has 0 N–H and O–H groups in total. The maximum absolute atomic E-state index is 6.22. The highest BCUT2D eigenvalue weighted by molar-refractivity contribution is 9.09. The van der Waals surface area contributed by atoms with Crippen LogP contribution in [0.1, 0.15) is 16.0 Å². The lowest BCUT2D eigenvalue weighted by atomic mass is 10.0. The van der Waals surface area contributed by atoms with Gasteiger partial charge in [0.25, 0.3) is 0 Å². The molecule has 0 aliphatic rings. The fourth-order valence-corrected chi connectivity index (χ4v) is 2.93. The Bertz CT molecular complexity index is 572. The van der Waals surface area contributed by atoms with Crippen LogP contribution in [0.25, 0.3) is 0 Å². The van der Waals surface area contributed by atoms with Crippen LogP contribution in [0.5, 0.6) is 11.5 Å². The molecule has 1 atom stereocenters. The first-order valence-electron chi connectivity index (χ1n) is 5.77. The molecule has 2 nitrogen and oxygen atoms in total. The van der Waals surface area contributed by atoms with Crippen LogP contribution in [0.15, 0.2) is 42.5 Å². The van der Waals surface area contributed by atoms with Crippen LogP contribution in [0.3, 0.4) is 0 Å². The number of alkyl halides is 1. The molecule has 0 saturated carbocycles. The molecular weight excluding hydrogens is 328 g/mol. The molecule has 2 aromatic carbocycles. The van der Waals surface area contributed by atoms with Gasteiger partial charge in [0.2, 0.25) is 0 Å². The van der Waals surface area contributed by atoms with Crippen LogP contribution in [-0.4, -0.2) is 14.2 Å². The number of halogens is 2. The highest BCUT2D eigenvalue weighted by atomic mass is 79.9. The van der Waals surface area contributed by atoms with Gasteiger partial charge >= 0.3 is 0 Å². The van der Waals surface area contributed by atoms with E-state index in [0.29, 0.717) is 11.5 Å². The minimum atomic E-state index is 0.0148. The van der Waals surface area contributed by atoms with Gasteiger partial charge in [0.15, 0.2) is 11.5 Å². The lowest BCUT2D eigenvalue weighted by Crippen LogP contribution is -1.96. The van der Waals surface area contributed by atoms with E-state index >= 15 is 0 Å². The lowest BCUT2D eigenvalue weighted by molar-refractivity contribution is 0.354. The number of rotatable bonds is 4. The van der Waals surface area contributed by atoms with Gasteiger partial charge in [0.1, 0.15) is 0 Å². The molecule has 0 bridgehead atoms. The Balaban J connectivity index is 2.39. The number of ether oxygens (including phenoxy) is 2. The molecule has 0 radical (unpaired) electrons. The summed E-state index contributed by atoms with van der Waals surface area (Å²) in [5, 5.41) is 0.735. The van der Waals surface area contributed by atoms with E-state index in [-0.39, 0.29) is 4.83 Å². The molecule has 0 aromatic heterocycles. The van der Waals surface area contributed by atoms with E-state index < -0.39 is 0 Å². The summed E-state index contributed by atoms with van der Waals surface area (Å²) in [7, 11) is 3.25. The minimum Gasteiger partial charge on any atom is -0.493 e. The van der Waals surface area contributed by atoms with Gasteiger partial charge in [-0.15, -0.1) is 0 Å². The van der Waals surface area contributed by atoms with Gasteiger partial charge in [0, 0.05) is 5.02 Å². The van der Waals surface area contributed by atoms with E-state index in [1.807, 2.05) is 42.5 Å². The van der Waals surface area contributed by atoms with Crippen LogP contribution in [0.4, 0.5) is 0 Å². The van der Waals surface area contributed by atoms with Crippen molar-refractivity contribution in [2.24, 2.45) is 0 Å². The number of methoxy groups -OCH3 is 2. The van der Waals surface area contributed by atoms with Crippen LogP contribution in [0, 0.1) is 0 Å². The predicted molar refractivity (Wildman–Crippen MR) is 81.8 cm³/mol. The summed E-state index contributed by atoms with van der Waals surface area (Å²) in [6.07, 6.45) is 0. The van der Waals surface area contributed by atoms with E-state index in [1.165, 1.54) is 0 Å². The van der Waals surface area contributed by atoms with Crippen molar-refractivity contribution >= 4 is 27.5 Å². The Morgan fingerprint density at radius 1 is 1.00 bits per heavy atom. The summed E-state index contributed by atoms with van der Waals surface area (Å²) in [6.45, 7) is 0. The van der Waals surface area contributed by atoms with Crippen molar-refractivity contribution in [2.45, 2.75) is 4.83 Å². The lowest BCUT2D eigenvalue weighted by Gasteiger charge is -2.15. The highest BCUT2D eigenvalue weighted by Crippen LogP contribution is 2.38. The molecule has 0 spiro atoms. The smallest absolute Gasteiger partial charge is 0.161 e. The Morgan fingerprint density at radius 3 is 2.32 bits per heavy atom. The Hall–Kier alpha value is -1.19. The third kappa shape index (κ3) is 3.04. The van der Waals surface area contributed by atoms with Crippen molar-refractivity contribution in [3.8, 4) is 11.5 Å². The molecule has 1 unspecified atom stereocenters. The molecular formula is C15H14BrClO2. The first kappa shape index (κ1) is 14.2. The van der Waals surface area contributed by atoms with Crippen molar-refractivity contribution in [1.82, 2.24) is 0 Å². The normalized spacial score (nSPS) is 12.0. The van der Waals surface area contributed by atoms with E-state index in [4.69, 9.17) is 21.1 Å². The number of benzene rings is 2. The zero-order chi connectivity index (χ0) is 13.8. The van der Waals surface area contributed by atoms with Gasteiger partial charge in [-0.2, -0.15) is 0 Å². The highest BCUT2D eigenvalue weighted by Gasteiger charge is 2.15. The van der Waals surface area contributed by atoms with Crippen molar-refractivity contribution in [1.29, 1.82) is 0 Å². The number of hydrogen-bond donors (Lipinski definition) is 0. The number of hydrogen-bond acceptors (Lipinski definition) is 2. The summed E-state index contributed by atoms with van der Waals surface area (Å²) in [4.78, 5) is 0.0148. The third-order valence-electron chi connectivity index (χ3n) is 2.88. The van der Waals surface area contributed by atoms with Crippen molar-refractivity contribution in [3.63, 3.8) is 0 Å². The second-order valence-corrected chi connectivity index (χ2v) is 5.32. The second-order valence-electron chi connectivity index (χ2n) is 4.00. The molecule has 4 heteroatoms. The summed E-state index contributed by atoms with van der Waals surface area (Å²) in [5.74, 6) is 1.42. The monoisotopic (exact) mass is 340 g/mol. The van der Waals surface area contributed by atoms with Gasteiger partial charge in [-0.1, -0.05) is 51.8 Å². The fourth-order valence-electron chi connectivity index (χ4n) is 1.87. The molecule has 2 rings (SSSR count). The van der Waals surface area contributed by atoms with Crippen LogP contribution in [0.2, 0.25) is 5.02 Å². The van der Waals surface area contributed by atoms with Crippen LogP contribution >= 0.6 is 27.5 Å². The van der Waals surface area contributed by atoms with E-state index in [9.17, 15) is 0 Å². The first-order chi connectivity index (χ1) is 9.17. The van der Waals surface area contributed by atoms with Gasteiger partial charge in [0.05, 0.1) is 19.0 Å². The molecule has 0 aliphatic carbocycles. The largest absolute Gasteiger partial charge is 0.493 e. The minimum absolute atomic E-state index is 0.0148. The molecule has 2 aromatic rings. The molecule has 100 valence electrons. The Labute approximate surface area is 126 Å². The molecule has 0 amide bonds. The van der Waals surface area contributed by atoms with Crippen LogP contribution in [-0.2, 0) is 0 Å². The predicted octanol–water partition coefficient (Wildman–Crippen LogP) is 4.84. The quantitative estimate of drug-likeness (QED) is 0.741. The summed E-state index contributed by atoms with van der Waals surface area (Å²) in [6, 6.07) is 13.6. The summed E-state index contributed by atoms with van der Waals surface area (Å²) < 4.78 is 10.5. The average molecular weight is 342 g/mol. The molecule has 0 heterocycles. The van der Waals surface area contributed by atoms with Gasteiger partial charge in [-0.3, -0.25) is 0 Å². The van der Waals surface area contributed by atoms with Gasteiger partial charge in [-0.25, -0.2) is 0 Å². The van der Waals surface area contributed by atoms with Gasteiger partial charge in [-0.05, 0) is 29.3 Å². The molecule has 0 aliphatic heterocycles. The maximum Gasteiger partial charge on any atom is 0.161 e. The Morgan fingerprint density at radius 2 is 1.68 bits per heavy atom. The Kier molecular flexibility index (Phi) is 4.72. The zero-order valence-electron chi connectivity index (χ0n) is 10.7. The molecule has 0 saturated heterocycles. The first-order valence-corrected chi connectivity index (χ1v) is 7.07. The molecule has 0 fully saturated rings. The summed E-state index contributed by atoms with van der Waals surface area (Å²) >= 11 is 9.89. The SMILES string of the molecule is COc1ccc(C(Br)c2ccccc2Cl)cc1OC. The van der Waals surface area contributed by atoms with Crippen molar-refractivity contribution in [2.75, 3.05) is 14.2 Å².